The summed E-state index contributed by atoms with van der Waals surface area (Å²) < 4.78 is 7.92. The number of carboxylic acid groups (broad SMARTS) is 2. The second kappa shape index (κ2) is 11.9. The minimum atomic E-state index is -2.07. The number of nitrogens with zero attached hydrogens (tertiary/aromatic N) is 3. The Balaban J connectivity index is 0.000000487. The average molecular weight is 539 g/mol. The number of para-hydroxylation sites is 4. The van der Waals surface area contributed by atoms with E-state index in [1.54, 1.807) is 7.11 Å². The summed E-state index contributed by atoms with van der Waals surface area (Å²) >= 11 is 0. The van der Waals surface area contributed by atoms with E-state index in [1.807, 2.05) is 12.1 Å². The highest BCUT2D eigenvalue weighted by Gasteiger charge is 2.22. The van der Waals surface area contributed by atoms with Gasteiger partial charge in [0.1, 0.15) is 16.8 Å². The molecule has 0 radical (unpaired) electrons. The number of ether oxygens (including phenoxy) is 1. The number of piperazine rings is 1. The number of hydrogen-bond acceptors (Lipinski definition) is 6. The minimum Gasteiger partial charge on any atom is -0.539 e. The summed E-state index contributed by atoms with van der Waals surface area (Å²) in [6.07, 6.45) is 2.31. The third-order valence-electron chi connectivity index (χ3n) is 7.00. The van der Waals surface area contributed by atoms with Crippen LogP contribution in [0.2, 0.25) is 0 Å². The molecule has 0 atom stereocenters. The standard InChI is InChI=1S/C29H28N4O.C2H2O4/c1-34-28-14-8-7-13-26(28)32-17-15-31(16-18-32)20-22-19-27-29(23-9-3-2-4-10-23)30-24-11-5-6-12-25(24)33(27)21-22;3-1(4)2(5)6/h2-14,19,21H,15-18,20H2,1H3;(H,3,4)(H,5,6). The Bertz CT molecular complexity index is 1630. The van der Waals surface area contributed by atoms with Gasteiger partial charge in [0.25, 0.3) is 0 Å². The van der Waals surface area contributed by atoms with Crippen LogP contribution in [0.3, 0.4) is 0 Å². The van der Waals surface area contributed by atoms with Gasteiger partial charge in [-0.25, -0.2) is 9.78 Å². The summed E-state index contributed by atoms with van der Waals surface area (Å²) in [6.45, 7) is 5.01. The second-order valence-corrected chi connectivity index (χ2v) is 9.51. The number of aromatic amines is 1. The maximum absolute atomic E-state index is 9.04. The second-order valence-electron chi connectivity index (χ2n) is 9.51. The van der Waals surface area contributed by atoms with E-state index in [0.717, 1.165) is 49.7 Å². The molecule has 0 spiro atoms. The Morgan fingerprint density at radius 3 is 2.25 bits per heavy atom. The molecular formula is C31H30N4O5. The van der Waals surface area contributed by atoms with Gasteiger partial charge in [-0.1, -0.05) is 42.5 Å². The number of H-pyrrole nitrogens is 1. The predicted molar refractivity (Wildman–Crippen MR) is 150 cm³/mol. The number of benzene rings is 3. The molecular weight excluding hydrogens is 508 g/mol. The van der Waals surface area contributed by atoms with E-state index < -0.39 is 11.9 Å². The van der Waals surface area contributed by atoms with Gasteiger partial charge in [0.2, 0.25) is 11.2 Å². The Morgan fingerprint density at radius 1 is 0.900 bits per heavy atom. The number of anilines is 1. The van der Waals surface area contributed by atoms with E-state index in [9.17, 15) is 0 Å². The van der Waals surface area contributed by atoms with Crippen LogP contribution in [-0.4, -0.2) is 59.6 Å². The SMILES string of the molecule is COc1ccccc1N1CCN(Cc2cc3c(-c4ccccc4)[nH+]c4ccccc4n3c2)CC1.O=C([O-])C(=O)O. The molecule has 1 aliphatic rings. The molecule has 2 N–H and O–H groups in total. The maximum atomic E-state index is 9.04. The molecule has 40 heavy (non-hydrogen) atoms. The van der Waals surface area contributed by atoms with Gasteiger partial charge in [0.05, 0.1) is 12.8 Å². The van der Waals surface area contributed by atoms with Crippen molar-refractivity contribution in [3.05, 3.63) is 96.7 Å². The molecule has 2 aromatic heterocycles. The Kier molecular flexibility index (Phi) is 7.93. The normalized spacial score (nSPS) is 13.6. The number of methoxy groups -OCH3 is 1. The number of hydrogen-bond donors (Lipinski definition) is 1. The number of carboxylic acids is 2. The van der Waals surface area contributed by atoms with Crippen molar-refractivity contribution in [2.75, 3.05) is 38.2 Å². The lowest BCUT2D eigenvalue weighted by Gasteiger charge is -2.36. The topological polar surface area (TPSA) is 112 Å². The van der Waals surface area contributed by atoms with Gasteiger partial charge < -0.3 is 29.0 Å². The first-order valence-electron chi connectivity index (χ1n) is 13.0. The summed E-state index contributed by atoms with van der Waals surface area (Å²) in [5.41, 5.74) is 8.44. The van der Waals surface area contributed by atoms with Crippen LogP contribution in [0.15, 0.2) is 91.1 Å². The van der Waals surface area contributed by atoms with Gasteiger partial charge in [-0.2, -0.15) is 0 Å². The fraction of sp³-hybridized carbons (Fsp3) is 0.194. The van der Waals surface area contributed by atoms with Gasteiger partial charge in [0.15, 0.2) is 5.97 Å². The summed E-state index contributed by atoms with van der Waals surface area (Å²) in [6, 6.07) is 29.8. The van der Waals surface area contributed by atoms with Crippen molar-refractivity contribution in [2.24, 2.45) is 0 Å². The highest BCUT2D eigenvalue weighted by atomic mass is 16.5. The van der Waals surface area contributed by atoms with Crippen LogP contribution in [-0.2, 0) is 16.1 Å². The quantitative estimate of drug-likeness (QED) is 0.343. The van der Waals surface area contributed by atoms with Crippen LogP contribution >= 0.6 is 0 Å². The molecule has 9 nitrogen and oxygen atoms in total. The van der Waals surface area contributed by atoms with E-state index in [0.29, 0.717) is 0 Å². The monoisotopic (exact) mass is 538 g/mol. The average Bonchev–Trinajstić information content (AvgIpc) is 3.42. The summed E-state index contributed by atoms with van der Waals surface area (Å²) in [5.74, 6) is -3.06. The Morgan fingerprint density at radius 2 is 1.55 bits per heavy atom. The molecule has 3 aromatic carbocycles. The van der Waals surface area contributed by atoms with Gasteiger partial charge >= 0.3 is 5.97 Å². The van der Waals surface area contributed by atoms with Crippen LogP contribution in [0.25, 0.3) is 27.8 Å². The molecule has 3 heterocycles. The van der Waals surface area contributed by atoms with Crippen molar-refractivity contribution in [3.63, 3.8) is 0 Å². The van der Waals surface area contributed by atoms with Crippen molar-refractivity contribution >= 4 is 34.2 Å². The summed E-state index contributed by atoms with van der Waals surface area (Å²) in [7, 11) is 1.75. The first-order chi connectivity index (χ1) is 19.4. The third kappa shape index (κ3) is 5.74. The number of carbonyl (C=O) groups is 2. The molecule has 0 saturated carbocycles. The molecule has 0 unspecified atom stereocenters. The van der Waals surface area contributed by atoms with E-state index in [1.165, 1.54) is 27.8 Å². The lowest BCUT2D eigenvalue weighted by atomic mass is 10.1. The molecule has 5 aromatic rings. The lowest BCUT2D eigenvalue weighted by Crippen LogP contribution is -2.46. The third-order valence-corrected chi connectivity index (χ3v) is 7.00. The van der Waals surface area contributed by atoms with E-state index in [2.05, 4.69) is 98.2 Å². The van der Waals surface area contributed by atoms with Crippen molar-refractivity contribution in [2.45, 2.75) is 6.54 Å². The van der Waals surface area contributed by atoms with Gasteiger partial charge in [-0.3, -0.25) is 4.90 Å². The molecule has 1 saturated heterocycles. The lowest BCUT2D eigenvalue weighted by molar-refractivity contribution is -0.330. The van der Waals surface area contributed by atoms with Gasteiger partial charge in [-0.05, 0) is 42.0 Å². The fourth-order valence-electron chi connectivity index (χ4n) is 5.11. The molecule has 0 amide bonds. The molecule has 204 valence electrons. The fourth-order valence-corrected chi connectivity index (χ4v) is 5.11. The smallest absolute Gasteiger partial charge is 0.351 e. The van der Waals surface area contributed by atoms with Crippen LogP contribution in [0.5, 0.6) is 5.75 Å². The van der Waals surface area contributed by atoms with Crippen molar-refractivity contribution in [1.29, 1.82) is 0 Å². The van der Waals surface area contributed by atoms with Crippen LogP contribution in [0.1, 0.15) is 5.56 Å². The number of aromatic nitrogens is 2. The first kappa shape index (κ1) is 26.7. The Hall–Kier alpha value is -4.89. The zero-order valence-corrected chi connectivity index (χ0v) is 22.1. The highest BCUT2D eigenvalue weighted by molar-refractivity contribution is 6.26. The van der Waals surface area contributed by atoms with E-state index in [-0.39, 0.29) is 0 Å². The molecule has 0 bridgehead atoms. The van der Waals surface area contributed by atoms with E-state index >= 15 is 0 Å². The van der Waals surface area contributed by atoms with Crippen LogP contribution in [0, 0.1) is 0 Å². The number of nitrogens with one attached hydrogen (secondary N) is 1. The number of rotatable bonds is 5. The summed E-state index contributed by atoms with van der Waals surface area (Å²) in [5, 5.41) is 16.3. The predicted octanol–water partition coefficient (Wildman–Crippen LogP) is 2.73. The molecule has 9 heteroatoms. The molecule has 1 fully saturated rings. The molecule has 1 aliphatic heterocycles. The van der Waals surface area contributed by atoms with Crippen LogP contribution in [0.4, 0.5) is 5.69 Å². The summed E-state index contributed by atoms with van der Waals surface area (Å²) in [4.78, 5) is 26.7. The molecule has 6 rings (SSSR count). The maximum Gasteiger partial charge on any atom is 0.351 e. The first-order valence-corrected chi connectivity index (χ1v) is 13.0. The highest BCUT2D eigenvalue weighted by Crippen LogP contribution is 2.29. The number of carbonyl (C=O) groups excluding carboxylic acids is 1. The van der Waals surface area contributed by atoms with Crippen molar-refractivity contribution < 1.29 is 29.5 Å². The van der Waals surface area contributed by atoms with Gasteiger partial charge in [-0.15, -0.1) is 0 Å². The largest absolute Gasteiger partial charge is 0.539 e. The van der Waals surface area contributed by atoms with Crippen molar-refractivity contribution in [1.82, 2.24) is 9.30 Å². The zero-order chi connectivity index (χ0) is 28.1. The number of aliphatic carboxylic acids is 2. The minimum absolute atomic E-state index is 0.948. The number of fused-ring (bicyclic) bond motifs is 3. The van der Waals surface area contributed by atoms with Gasteiger partial charge in [0, 0.05) is 50.6 Å². The van der Waals surface area contributed by atoms with E-state index in [4.69, 9.17) is 24.5 Å². The molecule has 0 aliphatic carbocycles. The Labute approximate surface area is 231 Å². The van der Waals surface area contributed by atoms with Crippen molar-refractivity contribution in [3.8, 4) is 17.0 Å². The van der Waals surface area contributed by atoms with Crippen LogP contribution < -0.4 is 19.7 Å². The zero-order valence-electron chi connectivity index (χ0n) is 22.1.